The van der Waals surface area contributed by atoms with Crippen LogP contribution >= 0.6 is 33.2 Å². The molecule has 55 valence electrons. The molecule has 4 heteroatoms. The molecule has 0 fully saturated rings. The molecule has 0 spiro atoms. The van der Waals surface area contributed by atoms with Gasteiger partial charge in [-0.05, 0) is 6.07 Å². The fraction of sp³-hybridized carbons (Fsp3) is 0. The summed E-state index contributed by atoms with van der Waals surface area (Å²) in [6.07, 6.45) is 0. The summed E-state index contributed by atoms with van der Waals surface area (Å²) in [6, 6.07) is 12.5. The zero-order valence-electron chi connectivity index (χ0n) is 5.10. The van der Waals surface area contributed by atoms with Crippen LogP contribution in [0.2, 0.25) is 0 Å². The molecule has 1 rings (SSSR count). The zero-order valence-corrected chi connectivity index (χ0v) is 8.52. The maximum atomic E-state index is 4.94. The highest BCUT2D eigenvalue weighted by Gasteiger charge is 1.85. The molecule has 0 N–H and O–H groups in total. The van der Waals surface area contributed by atoms with Gasteiger partial charge in [0, 0.05) is 0 Å². The van der Waals surface area contributed by atoms with E-state index >= 15 is 0 Å². The van der Waals surface area contributed by atoms with Crippen LogP contribution in [0.15, 0.2) is 30.3 Å². The summed E-state index contributed by atoms with van der Waals surface area (Å²) in [5, 5.41) is 0. The van der Waals surface area contributed by atoms with E-state index in [2.05, 4.69) is 6.07 Å². The Morgan fingerprint density at radius 3 is 1.40 bits per heavy atom. The number of hydrogen-bond donors (Lipinski definition) is 0. The van der Waals surface area contributed by atoms with Gasteiger partial charge < -0.3 is 0 Å². The maximum absolute atomic E-state index is 4.94. The Kier molecular flexibility index (Phi) is 7.64. The van der Waals surface area contributed by atoms with E-state index in [9.17, 15) is 0 Å². The first-order valence-electron chi connectivity index (χ1n) is 2.57. The smallest absolute Gasteiger partial charge is 0.130 e. The van der Waals surface area contributed by atoms with Gasteiger partial charge in [-0.15, -0.1) is 33.2 Å². The third kappa shape index (κ3) is 11.1. The summed E-state index contributed by atoms with van der Waals surface area (Å²) in [5.41, 5.74) is 0. The molecule has 1 radical (unpaired) electrons. The lowest BCUT2D eigenvalue weighted by Crippen LogP contribution is -1.66. The van der Waals surface area contributed by atoms with Crippen molar-refractivity contribution in [2.75, 3.05) is 0 Å². The molecule has 0 unspecified atom stereocenters. The van der Waals surface area contributed by atoms with Crippen LogP contribution in [0.4, 0.5) is 0 Å². The van der Waals surface area contributed by atoms with Gasteiger partial charge in [-0.3, -0.25) is 0 Å². The molecule has 0 heterocycles. The van der Waals surface area contributed by atoms with Crippen LogP contribution in [0, 0.1) is 6.07 Å². The van der Waals surface area contributed by atoms with Gasteiger partial charge in [0.2, 0.25) is 0 Å². The number of benzene rings is 1. The Balaban J connectivity index is 0.000000180. The van der Waals surface area contributed by atoms with Crippen molar-refractivity contribution in [3.63, 3.8) is 0 Å². The lowest BCUT2D eigenvalue weighted by Gasteiger charge is -1.68. The van der Waals surface area contributed by atoms with E-state index in [0.717, 1.165) is 0 Å². The van der Waals surface area contributed by atoms with Gasteiger partial charge in [-0.1, -0.05) is 30.3 Å². The molecular formula is C6H6Cl3Si. The average Bonchev–Trinajstić information content (AvgIpc) is 1.90. The second-order valence-corrected chi connectivity index (χ2v) is 7.76. The quantitative estimate of drug-likeness (QED) is 0.458. The second kappa shape index (κ2) is 7.41. The van der Waals surface area contributed by atoms with Gasteiger partial charge in [-0.2, -0.15) is 0 Å². The van der Waals surface area contributed by atoms with Crippen molar-refractivity contribution >= 4 is 40.0 Å². The second-order valence-electron chi connectivity index (χ2n) is 1.32. The molecule has 0 atom stereocenters. The fourth-order valence-electron chi connectivity index (χ4n) is 0.342. The predicted molar refractivity (Wildman–Crippen MR) is 50.0 cm³/mol. The van der Waals surface area contributed by atoms with E-state index in [-0.39, 0.29) is 0 Å². The Bertz CT molecular complexity index is 113. The van der Waals surface area contributed by atoms with Crippen molar-refractivity contribution in [3.8, 4) is 0 Å². The normalized spacial score (nSPS) is 8.40. The van der Waals surface area contributed by atoms with E-state index in [0.29, 0.717) is 0 Å². The van der Waals surface area contributed by atoms with Gasteiger partial charge in [0.1, 0.15) is 0 Å². The van der Waals surface area contributed by atoms with Crippen molar-refractivity contribution in [1.29, 1.82) is 0 Å². The molecule has 0 saturated carbocycles. The molecule has 0 nitrogen and oxygen atoms in total. The molecule has 10 heavy (non-hydrogen) atoms. The van der Waals surface area contributed by atoms with Gasteiger partial charge >= 0.3 is 6.73 Å². The Labute approximate surface area is 76.4 Å². The van der Waals surface area contributed by atoms with E-state index in [4.69, 9.17) is 33.2 Å². The van der Waals surface area contributed by atoms with Gasteiger partial charge in [0.15, 0.2) is 0 Å². The van der Waals surface area contributed by atoms with Crippen LogP contribution in [0.25, 0.3) is 0 Å². The van der Waals surface area contributed by atoms with Crippen LogP contribution < -0.4 is 0 Å². The lowest BCUT2D eigenvalue weighted by atomic mass is 10.4. The van der Waals surface area contributed by atoms with Crippen LogP contribution in [0.5, 0.6) is 0 Å². The lowest BCUT2D eigenvalue weighted by molar-refractivity contribution is 1.70. The summed E-state index contributed by atoms with van der Waals surface area (Å²) in [6.45, 7) is -1.72. The highest BCUT2D eigenvalue weighted by molar-refractivity contribution is 7.54. The van der Waals surface area contributed by atoms with Crippen molar-refractivity contribution in [1.82, 2.24) is 0 Å². The van der Waals surface area contributed by atoms with Gasteiger partial charge in [-0.25, -0.2) is 0 Å². The van der Waals surface area contributed by atoms with Crippen LogP contribution in [0.3, 0.4) is 0 Å². The third-order valence-corrected chi connectivity index (χ3v) is 0.607. The van der Waals surface area contributed by atoms with E-state index in [1.165, 1.54) is 0 Å². The number of halogens is 3. The number of rotatable bonds is 0. The Morgan fingerprint density at radius 2 is 1.30 bits per heavy atom. The SMILES string of the molecule is Cl[SiH](Cl)Cl.[c]1ccccc1. The van der Waals surface area contributed by atoms with Crippen LogP contribution in [-0.4, -0.2) is 6.73 Å². The molecule has 1 aromatic carbocycles. The topological polar surface area (TPSA) is 0 Å². The summed E-state index contributed by atoms with van der Waals surface area (Å²) in [7, 11) is 0. The first-order chi connectivity index (χ1) is 4.73. The molecule has 1 aromatic rings. The van der Waals surface area contributed by atoms with Crippen molar-refractivity contribution in [3.05, 3.63) is 36.4 Å². The van der Waals surface area contributed by atoms with Crippen LogP contribution in [0.1, 0.15) is 0 Å². The maximum Gasteiger partial charge on any atom is 0.326 e. The molecule has 0 aliphatic carbocycles. The summed E-state index contributed by atoms with van der Waals surface area (Å²) in [5.74, 6) is 0. The minimum atomic E-state index is -1.72. The van der Waals surface area contributed by atoms with E-state index in [1.807, 2.05) is 30.3 Å². The standard InChI is InChI=1S/C6H5.Cl3HSi/c1-2-4-6-5-3-1;1-4(2)3/h1-5H;4H. The average molecular weight is 213 g/mol. The van der Waals surface area contributed by atoms with Crippen molar-refractivity contribution in [2.45, 2.75) is 0 Å². The van der Waals surface area contributed by atoms with Crippen LogP contribution in [-0.2, 0) is 0 Å². The molecule has 0 saturated heterocycles. The van der Waals surface area contributed by atoms with Crippen molar-refractivity contribution < 1.29 is 0 Å². The van der Waals surface area contributed by atoms with Gasteiger partial charge in [0.25, 0.3) is 0 Å². The van der Waals surface area contributed by atoms with Crippen molar-refractivity contribution in [2.24, 2.45) is 0 Å². The molecule has 0 bridgehead atoms. The highest BCUT2D eigenvalue weighted by atomic mass is 35.8. The summed E-state index contributed by atoms with van der Waals surface area (Å²) >= 11 is 14.8. The third-order valence-electron chi connectivity index (χ3n) is 0.607. The molecule has 0 aromatic heterocycles. The monoisotopic (exact) mass is 211 g/mol. The molecule has 0 amide bonds. The fourth-order valence-corrected chi connectivity index (χ4v) is 0.342. The van der Waals surface area contributed by atoms with E-state index < -0.39 is 6.73 Å². The Morgan fingerprint density at radius 1 is 0.900 bits per heavy atom. The van der Waals surface area contributed by atoms with E-state index in [1.54, 1.807) is 0 Å². The summed E-state index contributed by atoms with van der Waals surface area (Å²) in [4.78, 5) is 0. The largest absolute Gasteiger partial charge is 0.326 e. The minimum absolute atomic E-state index is 1.72. The molecular weight excluding hydrogens is 207 g/mol. The first-order valence-corrected chi connectivity index (χ1v) is 7.80. The predicted octanol–water partition coefficient (Wildman–Crippen LogP) is 2.91. The first kappa shape index (κ1) is 10.3. The summed E-state index contributed by atoms with van der Waals surface area (Å²) < 4.78 is 0. The minimum Gasteiger partial charge on any atom is -0.130 e. The van der Waals surface area contributed by atoms with Gasteiger partial charge in [0.05, 0.1) is 0 Å². The number of hydrogen-bond acceptors (Lipinski definition) is 0. The zero-order chi connectivity index (χ0) is 7.82. The molecule has 0 aliphatic heterocycles. The highest BCUT2D eigenvalue weighted by Crippen LogP contribution is 1.97. The Hall–Kier alpha value is 0.307. The molecule has 0 aliphatic rings.